The molecule has 0 bridgehead atoms. The molecule has 0 radical (unpaired) electrons. The molecule has 0 unspecified atom stereocenters. The van der Waals surface area contributed by atoms with Crippen molar-refractivity contribution >= 4 is 22.7 Å². The number of carbonyl (C=O) groups is 2. The van der Waals surface area contributed by atoms with Gasteiger partial charge in [-0.1, -0.05) is 24.3 Å². The molecule has 7 nitrogen and oxygen atoms in total. The van der Waals surface area contributed by atoms with Crippen molar-refractivity contribution in [3.05, 3.63) is 65.4 Å². The van der Waals surface area contributed by atoms with Crippen LogP contribution in [-0.2, 0) is 17.6 Å². The number of fused-ring (bicyclic) bond motifs is 1. The van der Waals surface area contributed by atoms with E-state index in [0.717, 1.165) is 22.0 Å². The average Bonchev–Trinajstić information content (AvgIpc) is 3.20. The number of aromatic amines is 1. The molecule has 0 aliphatic carbocycles. The van der Waals surface area contributed by atoms with Crippen LogP contribution in [0.1, 0.15) is 41.8 Å². The molecule has 1 aromatic heterocycles. The summed E-state index contributed by atoms with van der Waals surface area (Å²) in [5, 5.41) is 16.5. The van der Waals surface area contributed by atoms with Gasteiger partial charge in [-0.05, 0) is 56.0 Å². The fourth-order valence-corrected chi connectivity index (χ4v) is 3.64. The highest BCUT2D eigenvalue weighted by Crippen LogP contribution is 2.23. The van der Waals surface area contributed by atoms with Crippen molar-refractivity contribution < 1.29 is 19.4 Å². The summed E-state index contributed by atoms with van der Waals surface area (Å²) in [6, 6.07) is 12.9. The molecule has 4 N–H and O–H groups in total. The summed E-state index contributed by atoms with van der Waals surface area (Å²) in [6.07, 6.45) is 3.15. The van der Waals surface area contributed by atoms with Gasteiger partial charge in [0.05, 0.1) is 24.3 Å². The molecule has 0 aliphatic rings. The zero-order valence-corrected chi connectivity index (χ0v) is 18.8. The van der Waals surface area contributed by atoms with Crippen LogP contribution < -0.4 is 15.4 Å². The Morgan fingerprint density at radius 3 is 2.66 bits per heavy atom. The van der Waals surface area contributed by atoms with E-state index in [-0.39, 0.29) is 24.5 Å². The molecule has 2 aromatic carbocycles. The van der Waals surface area contributed by atoms with Crippen LogP contribution in [0.5, 0.6) is 5.75 Å². The topological polar surface area (TPSA) is 103 Å². The number of ether oxygens (including phenoxy) is 1. The van der Waals surface area contributed by atoms with Gasteiger partial charge in [0.15, 0.2) is 0 Å². The van der Waals surface area contributed by atoms with Crippen LogP contribution in [0.3, 0.4) is 0 Å². The number of aryl methyl sites for hydroxylation is 1. The Morgan fingerprint density at radius 1 is 1.16 bits per heavy atom. The lowest BCUT2D eigenvalue weighted by atomic mass is 10.0. The van der Waals surface area contributed by atoms with Gasteiger partial charge in [-0.25, -0.2) is 0 Å². The predicted molar refractivity (Wildman–Crippen MR) is 125 cm³/mol. The van der Waals surface area contributed by atoms with Crippen LogP contribution in [0.15, 0.2) is 48.7 Å². The molecule has 170 valence electrons. The van der Waals surface area contributed by atoms with E-state index in [0.29, 0.717) is 30.6 Å². The SMILES string of the molecule is CNC(=O)CCc1ccc(OC(C)C)c(C(=O)N[C@@H](CO)Cc2c[nH]c3ccccc23)c1. The van der Waals surface area contributed by atoms with E-state index in [1.807, 2.05) is 50.4 Å². The van der Waals surface area contributed by atoms with E-state index < -0.39 is 6.04 Å². The van der Waals surface area contributed by atoms with Crippen molar-refractivity contribution in [1.82, 2.24) is 15.6 Å². The van der Waals surface area contributed by atoms with Crippen LogP contribution in [0.25, 0.3) is 10.9 Å². The molecule has 0 saturated carbocycles. The molecule has 3 aromatic rings. The normalized spacial score (nSPS) is 12.0. The van der Waals surface area contributed by atoms with Gasteiger partial charge >= 0.3 is 0 Å². The first-order chi connectivity index (χ1) is 15.4. The Kier molecular flexibility index (Phi) is 7.89. The Bertz CT molecular complexity index is 1070. The Balaban J connectivity index is 1.79. The van der Waals surface area contributed by atoms with Crippen molar-refractivity contribution in [3.8, 4) is 5.75 Å². The number of hydrogen-bond donors (Lipinski definition) is 4. The predicted octanol–water partition coefficient (Wildman–Crippen LogP) is 2.97. The summed E-state index contributed by atoms with van der Waals surface area (Å²) in [7, 11) is 1.60. The number of benzene rings is 2. The minimum atomic E-state index is -0.455. The molecule has 0 spiro atoms. The van der Waals surface area contributed by atoms with Gasteiger partial charge in [0.1, 0.15) is 5.75 Å². The van der Waals surface area contributed by atoms with E-state index >= 15 is 0 Å². The molecular weight excluding hydrogens is 406 g/mol. The first kappa shape index (κ1) is 23.3. The summed E-state index contributed by atoms with van der Waals surface area (Å²) in [6.45, 7) is 3.60. The van der Waals surface area contributed by atoms with Crippen LogP contribution in [-0.4, -0.2) is 47.7 Å². The van der Waals surface area contributed by atoms with Crippen LogP contribution >= 0.6 is 0 Å². The van der Waals surface area contributed by atoms with Crippen LogP contribution in [0.2, 0.25) is 0 Å². The van der Waals surface area contributed by atoms with Crippen LogP contribution in [0, 0.1) is 0 Å². The van der Waals surface area contributed by atoms with Gasteiger partial charge in [-0.3, -0.25) is 9.59 Å². The number of aliphatic hydroxyl groups excluding tert-OH is 1. The minimum absolute atomic E-state index is 0.0578. The number of hydrogen-bond acceptors (Lipinski definition) is 4. The fourth-order valence-electron chi connectivity index (χ4n) is 3.64. The van der Waals surface area contributed by atoms with Gasteiger partial charge in [-0.15, -0.1) is 0 Å². The molecule has 1 heterocycles. The number of rotatable bonds is 10. The third-order valence-electron chi connectivity index (χ3n) is 5.27. The summed E-state index contributed by atoms with van der Waals surface area (Å²) >= 11 is 0. The summed E-state index contributed by atoms with van der Waals surface area (Å²) in [5.41, 5.74) is 3.30. The van der Waals surface area contributed by atoms with Gasteiger partial charge < -0.3 is 25.5 Å². The van der Waals surface area contributed by atoms with Gasteiger partial charge in [-0.2, -0.15) is 0 Å². The molecule has 32 heavy (non-hydrogen) atoms. The third-order valence-corrected chi connectivity index (χ3v) is 5.27. The van der Waals surface area contributed by atoms with E-state index in [1.165, 1.54) is 0 Å². The number of nitrogens with one attached hydrogen (secondary N) is 3. The smallest absolute Gasteiger partial charge is 0.255 e. The lowest BCUT2D eigenvalue weighted by Crippen LogP contribution is -2.39. The second-order valence-electron chi connectivity index (χ2n) is 8.09. The molecule has 7 heteroatoms. The van der Waals surface area contributed by atoms with Crippen molar-refractivity contribution in [1.29, 1.82) is 0 Å². The van der Waals surface area contributed by atoms with Gasteiger partial charge in [0, 0.05) is 30.6 Å². The zero-order valence-electron chi connectivity index (χ0n) is 18.8. The second-order valence-corrected chi connectivity index (χ2v) is 8.09. The first-order valence-electron chi connectivity index (χ1n) is 10.9. The zero-order chi connectivity index (χ0) is 23.1. The van der Waals surface area contributed by atoms with E-state index in [1.54, 1.807) is 19.2 Å². The molecular formula is C25H31N3O4. The maximum Gasteiger partial charge on any atom is 0.255 e. The quantitative estimate of drug-likeness (QED) is 0.391. The maximum atomic E-state index is 13.2. The minimum Gasteiger partial charge on any atom is -0.490 e. The lowest BCUT2D eigenvalue weighted by Gasteiger charge is -2.19. The molecule has 2 amide bonds. The number of aliphatic hydroxyl groups is 1. The number of amides is 2. The van der Waals surface area contributed by atoms with Crippen molar-refractivity contribution in [2.24, 2.45) is 0 Å². The number of para-hydroxylation sites is 1. The summed E-state index contributed by atoms with van der Waals surface area (Å²) in [4.78, 5) is 28.0. The summed E-state index contributed by atoms with van der Waals surface area (Å²) in [5.74, 6) is 0.101. The highest BCUT2D eigenvalue weighted by Gasteiger charge is 2.20. The largest absolute Gasteiger partial charge is 0.490 e. The molecule has 0 fully saturated rings. The standard InChI is InChI=1S/C25H31N3O4/c1-16(2)32-23-10-8-17(9-11-24(30)26-3)12-21(23)25(31)28-19(15-29)13-18-14-27-22-7-5-4-6-20(18)22/h4-8,10,12,14,16,19,27,29H,9,11,13,15H2,1-3H3,(H,26,30)(H,28,31)/t19-/m1/s1. The van der Waals surface area contributed by atoms with Crippen molar-refractivity contribution in [2.45, 2.75) is 45.3 Å². The van der Waals surface area contributed by atoms with Crippen molar-refractivity contribution in [2.75, 3.05) is 13.7 Å². The van der Waals surface area contributed by atoms with Crippen molar-refractivity contribution in [3.63, 3.8) is 0 Å². The van der Waals surface area contributed by atoms with Gasteiger partial charge in [0.2, 0.25) is 5.91 Å². The van der Waals surface area contributed by atoms with Gasteiger partial charge in [0.25, 0.3) is 5.91 Å². The number of aromatic nitrogens is 1. The molecule has 0 aliphatic heterocycles. The summed E-state index contributed by atoms with van der Waals surface area (Å²) < 4.78 is 5.84. The van der Waals surface area contributed by atoms with E-state index in [2.05, 4.69) is 15.6 Å². The highest BCUT2D eigenvalue weighted by atomic mass is 16.5. The number of carbonyl (C=O) groups excluding carboxylic acids is 2. The molecule has 3 rings (SSSR count). The molecule has 0 saturated heterocycles. The third kappa shape index (κ3) is 5.88. The Morgan fingerprint density at radius 2 is 1.94 bits per heavy atom. The molecule has 1 atom stereocenters. The van der Waals surface area contributed by atoms with E-state index in [9.17, 15) is 14.7 Å². The second kappa shape index (κ2) is 10.8. The van der Waals surface area contributed by atoms with Crippen LogP contribution in [0.4, 0.5) is 0 Å². The van der Waals surface area contributed by atoms with E-state index in [4.69, 9.17) is 4.74 Å². The first-order valence-corrected chi connectivity index (χ1v) is 10.9. The highest BCUT2D eigenvalue weighted by molar-refractivity contribution is 5.97. The monoisotopic (exact) mass is 437 g/mol. The Labute approximate surface area is 188 Å². The number of H-pyrrole nitrogens is 1. The Hall–Kier alpha value is -3.32. The fraction of sp³-hybridized carbons (Fsp3) is 0.360. The lowest BCUT2D eigenvalue weighted by molar-refractivity contribution is -0.120. The maximum absolute atomic E-state index is 13.2. The average molecular weight is 438 g/mol.